The van der Waals surface area contributed by atoms with Gasteiger partial charge in [-0.15, -0.1) is 0 Å². The molecule has 2 heteroatoms. The van der Waals surface area contributed by atoms with E-state index in [1.807, 2.05) is 54.6 Å². The normalized spacial score (nSPS) is 11.4. The molecular formula is C15H13NTe. The summed E-state index contributed by atoms with van der Waals surface area (Å²) in [5.74, 6) is 6.27. The van der Waals surface area contributed by atoms with Crippen molar-refractivity contribution in [1.82, 2.24) is 0 Å². The summed E-state index contributed by atoms with van der Waals surface area (Å²) in [6, 6.07) is 18.1. The van der Waals surface area contributed by atoms with Crippen molar-refractivity contribution in [3.63, 3.8) is 0 Å². The van der Waals surface area contributed by atoms with E-state index in [1.54, 1.807) is 22.3 Å². The Morgan fingerprint density at radius 2 is 1.35 bits per heavy atom. The average Bonchev–Trinajstić information content (AvgIpc) is 2.38. The van der Waals surface area contributed by atoms with Crippen LogP contribution in [0.15, 0.2) is 54.6 Å². The van der Waals surface area contributed by atoms with Crippen molar-refractivity contribution in [1.29, 1.82) is 0 Å². The van der Waals surface area contributed by atoms with Gasteiger partial charge in [-0.25, -0.2) is 0 Å². The third-order valence-electron chi connectivity index (χ3n) is 2.38. The second-order valence-electron chi connectivity index (χ2n) is 3.68. The van der Waals surface area contributed by atoms with Gasteiger partial charge in [0.25, 0.3) is 0 Å². The van der Waals surface area contributed by atoms with E-state index in [1.165, 1.54) is 0 Å². The fourth-order valence-electron chi connectivity index (χ4n) is 1.43. The van der Waals surface area contributed by atoms with Gasteiger partial charge in [-0.05, 0) is 0 Å². The number of hydrogen-bond acceptors (Lipinski definition) is 1. The minimum absolute atomic E-state index is 0.125. The van der Waals surface area contributed by atoms with Crippen molar-refractivity contribution in [3.05, 3.63) is 71.3 Å². The first-order chi connectivity index (χ1) is 8.25. The summed E-state index contributed by atoms with van der Waals surface area (Å²) in [6.45, 7) is 0. The quantitative estimate of drug-likeness (QED) is 0.626. The predicted octanol–water partition coefficient (Wildman–Crippen LogP) is 1.94. The maximum atomic E-state index is 5.81. The van der Waals surface area contributed by atoms with Crippen LogP contribution in [0.2, 0.25) is 0 Å². The van der Waals surface area contributed by atoms with Gasteiger partial charge in [0, 0.05) is 0 Å². The third-order valence-corrected chi connectivity index (χ3v) is 3.23. The fourth-order valence-corrected chi connectivity index (χ4v) is 1.92. The SMILES string of the molecule is NC([TeH])c1ccc(C#Cc2ccccc2)cc1. The van der Waals surface area contributed by atoms with Crippen LogP contribution >= 0.6 is 0 Å². The van der Waals surface area contributed by atoms with Crippen LogP contribution in [-0.4, -0.2) is 22.3 Å². The zero-order chi connectivity index (χ0) is 12.1. The molecule has 0 aliphatic rings. The van der Waals surface area contributed by atoms with Gasteiger partial charge in [-0.1, -0.05) is 0 Å². The molecule has 0 saturated heterocycles. The van der Waals surface area contributed by atoms with Gasteiger partial charge in [-0.2, -0.15) is 0 Å². The Balaban J connectivity index is 2.17. The molecule has 0 aliphatic heterocycles. The van der Waals surface area contributed by atoms with Crippen LogP contribution in [0, 0.1) is 11.8 Å². The summed E-state index contributed by atoms with van der Waals surface area (Å²) in [7, 11) is 0. The molecule has 1 atom stereocenters. The molecule has 0 radical (unpaired) electrons. The van der Waals surface area contributed by atoms with Crippen LogP contribution in [0.25, 0.3) is 0 Å². The molecule has 0 spiro atoms. The maximum absolute atomic E-state index is 5.81. The van der Waals surface area contributed by atoms with Crippen molar-refractivity contribution in [2.45, 2.75) is 4.09 Å². The third kappa shape index (κ3) is 3.62. The van der Waals surface area contributed by atoms with Gasteiger partial charge in [0.1, 0.15) is 0 Å². The molecule has 1 nitrogen and oxygen atoms in total. The average molecular weight is 335 g/mol. The van der Waals surface area contributed by atoms with Crippen molar-refractivity contribution in [2.24, 2.45) is 5.73 Å². The standard InChI is InChI=1S/C15H13NTe/c16-15(17)14-10-8-13(9-11-14)7-6-12-4-2-1-3-5-12/h1-5,8-11,15,17H,16H2. The van der Waals surface area contributed by atoms with E-state index in [-0.39, 0.29) is 4.09 Å². The molecule has 0 fully saturated rings. The summed E-state index contributed by atoms with van der Waals surface area (Å²) in [4.78, 5) is 0. The molecule has 0 heterocycles. The summed E-state index contributed by atoms with van der Waals surface area (Å²) < 4.78 is 0.125. The second kappa shape index (κ2) is 5.89. The zero-order valence-corrected chi connectivity index (χ0v) is 11.9. The molecule has 2 aromatic rings. The Bertz CT molecular complexity index is 533. The first-order valence-corrected chi connectivity index (χ1v) is 6.84. The number of benzene rings is 2. The zero-order valence-electron chi connectivity index (χ0n) is 9.30. The van der Waals surface area contributed by atoms with E-state index >= 15 is 0 Å². The fraction of sp³-hybridized carbons (Fsp3) is 0.0667. The molecular weight excluding hydrogens is 322 g/mol. The van der Waals surface area contributed by atoms with E-state index in [2.05, 4.69) is 11.8 Å². The Hall–Kier alpha value is -1.25. The van der Waals surface area contributed by atoms with Crippen LogP contribution in [0.1, 0.15) is 20.8 Å². The van der Waals surface area contributed by atoms with Crippen molar-refractivity contribution < 1.29 is 0 Å². The Labute approximate surface area is 115 Å². The first kappa shape index (κ1) is 12.2. The van der Waals surface area contributed by atoms with Gasteiger partial charge in [0.05, 0.1) is 0 Å². The van der Waals surface area contributed by atoms with Crippen LogP contribution < -0.4 is 5.73 Å². The molecule has 0 amide bonds. The summed E-state index contributed by atoms with van der Waals surface area (Å²) >= 11 is 1.62. The Kier molecular flexibility index (Phi) is 4.23. The molecule has 0 bridgehead atoms. The first-order valence-electron chi connectivity index (χ1n) is 5.36. The Morgan fingerprint density at radius 1 is 0.824 bits per heavy atom. The van der Waals surface area contributed by atoms with Gasteiger partial charge in [0.2, 0.25) is 0 Å². The molecule has 2 aromatic carbocycles. The number of rotatable bonds is 1. The van der Waals surface area contributed by atoms with Gasteiger partial charge >= 0.3 is 115 Å². The molecule has 0 aliphatic carbocycles. The summed E-state index contributed by atoms with van der Waals surface area (Å²) in [6.07, 6.45) is 0. The van der Waals surface area contributed by atoms with Crippen LogP contribution in [-0.2, 0) is 0 Å². The monoisotopic (exact) mass is 337 g/mol. The van der Waals surface area contributed by atoms with Crippen LogP contribution in [0.4, 0.5) is 0 Å². The van der Waals surface area contributed by atoms with E-state index in [0.717, 1.165) is 16.7 Å². The molecule has 2 N–H and O–H groups in total. The topological polar surface area (TPSA) is 26.0 Å². The van der Waals surface area contributed by atoms with E-state index in [9.17, 15) is 0 Å². The molecule has 17 heavy (non-hydrogen) atoms. The van der Waals surface area contributed by atoms with Gasteiger partial charge in [-0.3, -0.25) is 0 Å². The van der Waals surface area contributed by atoms with E-state index in [0.29, 0.717) is 0 Å². The minimum atomic E-state index is 0.125. The van der Waals surface area contributed by atoms with E-state index < -0.39 is 0 Å². The van der Waals surface area contributed by atoms with Gasteiger partial charge in [0.15, 0.2) is 0 Å². The number of hydrogen-bond donors (Lipinski definition) is 1. The van der Waals surface area contributed by atoms with E-state index in [4.69, 9.17) is 5.73 Å². The summed E-state index contributed by atoms with van der Waals surface area (Å²) in [5.41, 5.74) is 9.02. The molecule has 0 saturated carbocycles. The Morgan fingerprint density at radius 3 is 1.88 bits per heavy atom. The molecule has 0 aromatic heterocycles. The predicted molar refractivity (Wildman–Crippen MR) is 72.9 cm³/mol. The number of nitrogens with two attached hydrogens (primary N) is 1. The van der Waals surface area contributed by atoms with Gasteiger partial charge < -0.3 is 0 Å². The van der Waals surface area contributed by atoms with Crippen molar-refractivity contribution in [2.75, 3.05) is 0 Å². The second-order valence-corrected chi connectivity index (χ2v) is 5.27. The molecule has 1 unspecified atom stereocenters. The molecule has 2 rings (SSSR count). The van der Waals surface area contributed by atoms with Crippen LogP contribution in [0.3, 0.4) is 0 Å². The molecule has 84 valence electrons. The summed E-state index contributed by atoms with van der Waals surface area (Å²) in [5, 5.41) is 0. The van der Waals surface area contributed by atoms with Crippen LogP contribution in [0.5, 0.6) is 0 Å². The van der Waals surface area contributed by atoms with Crippen molar-refractivity contribution in [3.8, 4) is 11.8 Å². The van der Waals surface area contributed by atoms with Crippen molar-refractivity contribution >= 4 is 22.3 Å².